The number of hydrogen-bond donors (Lipinski definition) is 9. The molecule has 0 aromatic rings. The maximum atomic E-state index is 13.7. The molecule has 9 N–H and O–H groups in total. The third-order valence-corrected chi connectivity index (χ3v) is 14.0. The molecule has 3 fully saturated rings. The van der Waals surface area contributed by atoms with Gasteiger partial charge in [-0.05, 0) is 74.1 Å². The molecule has 0 saturated carbocycles. The van der Waals surface area contributed by atoms with Gasteiger partial charge in [0.05, 0.1) is 55.2 Å². The zero-order valence-electron chi connectivity index (χ0n) is 43.7. The lowest BCUT2D eigenvalue weighted by atomic mass is 9.79. The number of carbonyl (C=O) groups is 5. The molecule has 0 aromatic heterocycles. The van der Waals surface area contributed by atoms with Crippen molar-refractivity contribution in [3.05, 3.63) is 23.8 Å². The van der Waals surface area contributed by atoms with Crippen LogP contribution in [0.1, 0.15) is 81.1 Å². The van der Waals surface area contributed by atoms with Crippen LogP contribution in [0.4, 0.5) is 0 Å². The predicted octanol–water partition coefficient (Wildman–Crippen LogP) is -0.679. The Morgan fingerprint density at radius 1 is 0.808 bits per heavy atom. The Bertz CT molecular complexity index is 1830. The summed E-state index contributed by atoms with van der Waals surface area (Å²) in [7, 11) is 6.42. The van der Waals surface area contributed by atoms with Gasteiger partial charge in [-0.15, -0.1) is 0 Å². The van der Waals surface area contributed by atoms with E-state index in [2.05, 4.69) is 0 Å². The van der Waals surface area contributed by atoms with Crippen LogP contribution in [0.5, 0.6) is 0 Å². The summed E-state index contributed by atoms with van der Waals surface area (Å²) in [6, 6.07) is -0.748. The van der Waals surface area contributed by atoms with Gasteiger partial charge in [0.2, 0.25) is 0 Å². The molecule has 4 aliphatic rings. The van der Waals surface area contributed by atoms with Gasteiger partial charge in [-0.1, -0.05) is 31.6 Å². The largest absolute Gasteiger partial charge is 0.479 e. The van der Waals surface area contributed by atoms with Crippen molar-refractivity contribution < 1.29 is 113 Å². The molecule has 0 aromatic carbocycles. The number of cyclic esters (lactones) is 1. The maximum Gasteiger partial charge on any atom is 0.335 e. The van der Waals surface area contributed by atoms with Crippen LogP contribution in [0, 0.1) is 23.7 Å². The highest BCUT2D eigenvalue weighted by molar-refractivity contribution is 5.91. The molecule has 4 heterocycles. The Morgan fingerprint density at radius 3 is 1.93 bits per heavy atom. The van der Waals surface area contributed by atoms with Crippen LogP contribution < -0.4 is 0 Å². The topological polar surface area (TPSA) is 354 Å². The number of aliphatic hydroxyl groups excluding tert-OH is 6. The van der Waals surface area contributed by atoms with Gasteiger partial charge in [0, 0.05) is 44.8 Å². The molecule has 4 rings (SSSR count). The molecule has 73 heavy (non-hydrogen) atoms. The van der Waals surface area contributed by atoms with Crippen molar-refractivity contribution in [3.8, 4) is 0 Å². The zero-order chi connectivity index (χ0) is 55.4. The first-order valence-corrected chi connectivity index (χ1v) is 24.4. The van der Waals surface area contributed by atoms with E-state index in [1.54, 1.807) is 73.5 Å². The number of carbonyl (C=O) groups excluding carboxylic acids is 3. The van der Waals surface area contributed by atoms with Crippen LogP contribution in [-0.4, -0.2) is 232 Å². The Balaban J connectivity index is 0.00000126. The second-order valence-corrected chi connectivity index (χ2v) is 20.1. The highest BCUT2D eigenvalue weighted by Gasteiger charge is 2.52. The molecule has 24 nitrogen and oxygen atoms in total. The van der Waals surface area contributed by atoms with Gasteiger partial charge in [-0.2, -0.15) is 0 Å². The Labute approximate surface area is 426 Å². The number of nitrogens with zero attached hydrogens (tertiary/aromatic N) is 1. The maximum absolute atomic E-state index is 13.7. The van der Waals surface area contributed by atoms with Crippen molar-refractivity contribution in [3.63, 3.8) is 0 Å². The summed E-state index contributed by atoms with van der Waals surface area (Å²) >= 11 is 0. The molecule has 0 radical (unpaired) electrons. The summed E-state index contributed by atoms with van der Waals surface area (Å²) in [4.78, 5) is 60.8. The van der Waals surface area contributed by atoms with E-state index in [4.69, 9.17) is 63.1 Å². The van der Waals surface area contributed by atoms with E-state index in [1.165, 1.54) is 27.2 Å². The molecule has 23 unspecified atom stereocenters. The minimum Gasteiger partial charge on any atom is -0.479 e. The number of methoxy groups -OCH3 is 2. The second kappa shape index (κ2) is 28.6. The smallest absolute Gasteiger partial charge is 0.335 e. The van der Waals surface area contributed by atoms with E-state index in [9.17, 15) is 49.5 Å². The van der Waals surface area contributed by atoms with Gasteiger partial charge in [-0.25, -0.2) is 9.59 Å². The highest BCUT2D eigenvalue weighted by atomic mass is 16.7. The fourth-order valence-corrected chi connectivity index (χ4v) is 9.49. The molecule has 0 amide bonds. The number of aliphatic hydroxyl groups is 7. The summed E-state index contributed by atoms with van der Waals surface area (Å²) in [5.74, 6) is -7.16. The summed E-state index contributed by atoms with van der Waals surface area (Å²) in [5.41, 5.74) is -0.816. The number of hydrogen-bond acceptors (Lipinski definition) is 22. The second-order valence-electron chi connectivity index (χ2n) is 20.1. The fraction of sp³-hybridized carbons (Fsp3) is 0.816. The predicted molar refractivity (Wildman–Crippen MR) is 253 cm³/mol. The monoisotopic (exact) mass is 1050 g/mol. The number of carboxylic acid groups (broad SMARTS) is 2. The van der Waals surface area contributed by atoms with Gasteiger partial charge in [0.15, 0.2) is 36.9 Å². The van der Waals surface area contributed by atoms with Gasteiger partial charge in [0.1, 0.15) is 49.0 Å². The minimum atomic E-state index is -2.27. The summed E-state index contributed by atoms with van der Waals surface area (Å²) in [6.07, 6.45) is -13.5. The number of likely N-dealkylation sites (N-methyl/N-ethyl adjacent to an activating group) is 1. The van der Waals surface area contributed by atoms with E-state index in [-0.39, 0.29) is 31.7 Å². The van der Waals surface area contributed by atoms with Crippen molar-refractivity contribution in [1.29, 1.82) is 0 Å². The zero-order valence-corrected chi connectivity index (χ0v) is 43.7. The standard InChI is InChI=1S/C45H75NO17.C4H6O6/c1-22-13-14-31(48)23(2)18-29(15-16-47)38(63-43-37(52)35(46(9)10)39(27(6)61-43)62-34-20-45(8,54)42(53)28(7)59-34)24(3)32(49)19-33(50)58-25(4)30(17-22)21-57-44-41(56-12)40(55-11)36(51)26(5)60-44;5-1(3(7)8)2(6)4(9)10/h13-14,16-17,23-30,32,34-44,49,51-54H,15,18-21H2,1-12H3;1-2,5-6H,(H,7,8)(H,9,10)/b14-13+,22-17-;. The Kier molecular flexibility index (Phi) is 25.1. The molecule has 420 valence electrons. The van der Waals surface area contributed by atoms with Gasteiger partial charge in [-0.3, -0.25) is 9.59 Å². The number of ketones is 1. The first kappa shape index (κ1) is 63.9. The van der Waals surface area contributed by atoms with Crippen molar-refractivity contribution in [2.75, 3.05) is 34.9 Å². The van der Waals surface area contributed by atoms with Crippen molar-refractivity contribution in [2.45, 2.75) is 197 Å². The number of esters is 1. The lowest BCUT2D eigenvalue weighted by molar-refractivity contribution is -0.341. The average molecular weight is 1050 g/mol. The van der Waals surface area contributed by atoms with Crippen LogP contribution in [-0.2, 0) is 66.6 Å². The van der Waals surface area contributed by atoms with E-state index < -0.39 is 164 Å². The van der Waals surface area contributed by atoms with Crippen molar-refractivity contribution in [2.24, 2.45) is 23.7 Å². The number of ether oxygens (including phenoxy) is 9. The quantitative estimate of drug-likeness (QED) is 0.0725. The summed E-state index contributed by atoms with van der Waals surface area (Å²) < 4.78 is 54.3. The number of allylic oxidation sites excluding steroid dienone is 3. The van der Waals surface area contributed by atoms with E-state index >= 15 is 0 Å². The van der Waals surface area contributed by atoms with Crippen LogP contribution >= 0.6 is 0 Å². The van der Waals surface area contributed by atoms with Gasteiger partial charge >= 0.3 is 17.9 Å². The summed E-state index contributed by atoms with van der Waals surface area (Å²) in [5, 5.41) is 88.1. The SMILES string of the molecule is COC1C(OCC2/C=C(C)\C=C\C(=O)C(C)CC(CC=O)C(OC3OC(C)C(OC4CC(C)(O)C(O)C(C)O4)C(N(C)C)C3O)C(C)C(O)CC(=O)OC2C)OC(C)C(O)C1OC.O=C(O)C(O)C(O)C(=O)O. The highest BCUT2D eigenvalue weighted by Crippen LogP contribution is 2.37. The number of aldehydes is 1. The molecular weight excluding hydrogens is 971 g/mol. The first-order chi connectivity index (χ1) is 34.0. The average Bonchev–Trinajstić information content (AvgIpc) is 3.31. The molecule has 0 spiro atoms. The minimum absolute atomic E-state index is 0.0191. The number of carboxylic acids is 2. The lowest BCUT2D eigenvalue weighted by Gasteiger charge is -2.50. The number of rotatable bonds is 15. The van der Waals surface area contributed by atoms with Crippen LogP contribution in [0.2, 0.25) is 0 Å². The fourth-order valence-electron chi connectivity index (χ4n) is 9.49. The Hall–Kier alpha value is -3.41. The molecule has 4 aliphatic heterocycles. The van der Waals surface area contributed by atoms with Crippen LogP contribution in [0.25, 0.3) is 0 Å². The third kappa shape index (κ3) is 17.3. The molecular formula is C49H81NO23. The molecule has 3 saturated heterocycles. The van der Waals surface area contributed by atoms with Gasteiger partial charge < -0.3 is 98.3 Å². The van der Waals surface area contributed by atoms with E-state index in [0.29, 0.717) is 11.9 Å². The first-order valence-electron chi connectivity index (χ1n) is 24.4. The van der Waals surface area contributed by atoms with E-state index in [0.717, 1.165) is 0 Å². The number of aliphatic carboxylic acids is 2. The molecule has 0 aliphatic carbocycles. The van der Waals surface area contributed by atoms with E-state index in [1.807, 2.05) is 6.08 Å². The normalized spacial score (nSPS) is 42.3. The molecule has 23 atom stereocenters. The van der Waals surface area contributed by atoms with Gasteiger partial charge in [0.25, 0.3) is 0 Å². The van der Waals surface area contributed by atoms with Crippen molar-refractivity contribution in [1.82, 2.24) is 4.90 Å². The molecule has 24 heteroatoms. The lowest BCUT2D eigenvalue weighted by Crippen LogP contribution is -2.65. The Morgan fingerprint density at radius 2 is 1.40 bits per heavy atom. The molecule has 0 bridgehead atoms. The van der Waals surface area contributed by atoms with Crippen molar-refractivity contribution >= 4 is 30.0 Å². The van der Waals surface area contributed by atoms with Crippen LogP contribution in [0.3, 0.4) is 0 Å². The van der Waals surface area contributed by atoms with Crippen LogP contribution in [0.15, 0.2) is 23.8 Å². The summed E-state index contributed by atoms with van der Waals surface area (Å²) in [6.45, 7) is 13.4. The third-order valence-electron chi connectivity index (χ3n) is 14.0.